The minimum absolute atomic E-state index is 0.499. The molecule has 1 aliphatic heterocycles. The predicted octanol–water partition coefficient (Wildman–Crippen LogP) is 2.58. The Hall–Kier alpha value is -1.76. The molecule has 0 saturated carbocycles. The van der Waals surface area contributed by atoms with Crippen molar-refractivity contribution < 1.29 is 19.4 Å². The first-order valence-electron chi connectivity index (χ1n) is 7.97. The van der Waals surface area contributed by atoms with E-state index >= 15 is 0 Å². The van der Waals surface area contributed by atoms with Crippen LogP contribution in [-0.2, 0) is 15.9 Å². The molecule has 0 radical (unpaired) electrons. The minimum Gasteiger partial charge on any atom is -0.438 e. The quantitative estimate of drug-likeness (QED) is 0.827. The molecule has 0 amide bonds. The molecule has 130 valence electrons. The maximum atomic E-state index is 11.3. The van der Waals surface area contributed by atoms with Crippen molar-refractivity contribution in [3.05, 3.63) is 35.0 Å². The van der Waals surface area contributed by atoms with Crippen LogP contribution < -0.4 is 0 Å². The number of aliphatic hydroxyl groups is 1. The fourth-order valence-electron chi connectivity index (χ4n) is 3.09. The molecule has 24 heavy (non-hydrogen) atoms. The molecule has 0 unspecified atom stereocenters. The van der Waals surface area contributed by atoms with Crippen LogP contribution in [0.5, 0.6) is 0 Å². The Morgan fingerprint density at radius 2 is 2.33 bits per heavy atom. The maximum absolute atomic E-state index is 11.3. The number of H-pyrrole nitrogens is 1. The smallest absolute Gasteiger partial charge is 0.438 e. The summed E-state index contributed by atoms with van der Waals surface area (Å²) in [5.74, 6) is 0. The third-order valence-electron chi connectivity index (χ3n) is 4.45. The van der Waals surface area contributed by atoms with Gasteiger partial charge in [-0.25, -0.2) is 4.79 Å². The molecule has 0 aliphatic carbocycles. The number of carbonyl (C=O) groups excluding carboxylic acids is 1. The number of benzene rings is 1. The third kappa shape index (κ3) is 3.83. The Labute approximate surface area is 145 Å². The number of nitrogens with one attached hydrogen (secondary N) is 1. The zero-order chi connectivity index (χ0) is 17.1. The lowest BCUT2D eigenvalue weighted by Gasteiger charge is -2.35. The van der Waals surface area contributed by atoms with Crippen LogP contribution in [0.15, 0.2) is 24.4 Å². The number of nitrogens with zero attached hydrogens (tertiary/aromatic N) is 1. The van der Waals surface area contributed by atoms with Crippen molar-refractivity contribution in [2.24, 2.45) is 0 Å². The normalized spacial score (nSPS) is 21.8. The summed E-state index contributed by atoms with van der Waals surface area (Å²) < 4.78 is 9.64. The van der Waals surface area contributed by atoms with E-state index < -0.39 is 18.4 Å². The van der Waals surface area contributed by atoms with Crippen molar-refractivity contribution in [1.29, 1.82) is 0 Å². The number of ether oxygens (including phenoxy) is 2. The van der Waals surface area contributed by atoms with Crippen molar-refractivity contribution in [3.8, 4) is 0 Å². The van der Waals surface area contributed by atoms with Crippen LogP contribution in [0.25, 0.3) is 10.9 Å². The molecule has 3 rings (SSSR count). The van der Waals surface area contributed by atoms with Crippen LogP contribution in [0.1, 0.15) is 12.0 Å². The van der Waals surface area contributed by atoms with Gasteiger partial charge in [0.15, 0.2) is 0 Å². The highest BCUT2D eigenvalue weighted by atomic mass is 35.5. The van der Waals surface area contributed by atoms with E-state index in [0.29, 0.717) is 13.0 Å². The Kier molecular flexibility index (Phi) is 5.28. The van der Waals surface area contributed by atoms with Gasteiger partial charge in [0.1, 0.15) is 6.10 Å². The first-order valence-corrected chi connectivity index (χ1v) is 8.35. The van der Waals surface area contributed by atoms with Crippen molar-refractivity contribution in [1.82, 2.24) is 9.88 Å². The predicted molar refractivity (Wildman–Crippen MR) is 91.4 cm³/mol. The number of rotatable bonds is 4. The number of carbonyl (C=O) groups is 1. The van der Waals surface area contributed by atoms with Crippen LogP contribution in [0, 0.1) is 0 Å². The van der Waals surface area contributed by atoms with E-state index in [1.165, 1.54) is 12.7 Å². The lowest BCUT2D eigenvalue weighted by molar-refractivity contribution is -0.0639. The van der Waals surface area contributed by atoms with Crippen molar-refractivity contribution in [2.45, 2.75) is 25.0 Å². The number of piperidine rings is 1. The third-order valence-corrected chi connectivity index (χ3v) is 4.68. The first-order chi connectivity index (χ1) is 11.6. The van der Waals surface area contributed by atoms with Gasteiger partial charge in [-0.1, -0.05) is 11.6 Å². The van der Waals surface area contributed by atoms with Gasteiger partial charge in [0.2, 0.25) is 0 Å². The van der Waals surface area contributed by atoms with E-state index in [1.54, 1.807) is 0 Å². The number of halogens is 1. The summed E-state index contributed by atoms with van der Waals surface area (Å²) in [5.41, 5.74) is 2.26. The average Bonchev–Trinajstić information content (AvgIpc) is 2.97. The van der Waals surface area contributed by atoms with Crippen LogP contribution >= 0.6 is 11.6 Å². The molecule has 0 spiro atoms. The summed E-state index contributed by atoms with van der Waals surface area (Å²) in [5, 5.41) is 11.8. The number of aromatic amines is 1. The molecule has 1 aromatic carbocycles. The molecule has 1 saturated heterocycles. The lowest BCUT2D eigenvalue weighted by Crippen LogP contribution is -2.49. The molecule has 2 heterocycles. The van der Waals surface area contributed by atoms with E-state index in [1.807, 2.05) is 24.4 Å². The second-order valence-corrected chi connectivity index (χ2v) is 6.46. The van der Waals surface area contributed by atoms with Crippen LogP contribution in [-0.4, -0.2) is 60.1 Å². The minimum atomic E-state index is -0.757. The highest BCUT2D eigenvalue weighted by Gasteiger charge is 2.31. The molecule has 2 aromatic rings. The molecule has 2 atom stereocenters. The van der Waals surface area contributed by atoms with Gasteiger partial charge in [0, 0.05) is 41.8 Å². The summed E-state index contributed by atoms with van der Waals surface area (Å²) in [4.78, 5) is 16.7. The topological polar surface area (TPSA) is 74.8 Å². The van der Waals surface area contributed by atoms with E-state index in [0.717, 1.165) is 35.4 Å². The standard InChI is InChI=1S/C17H21ClN2O4/c1-23-17(22)24-16-10-20(7-5-15(16)21)6-4-11-9-19-14-3-2-12(18)8-13(11)14/h2-3,8-9,15-16,19,21H,4-7,10H2,1H3/t15-,16-/m0/s1. The van der Waals surface area contributed by atoms with Crippen molar-refractivity contribution >= 4 is 28.7 Å². The number of aromatic nitrogens is 1. The summed E-state index contributed by atoms with van der Waals surface area (Å²) >= 11 is 6.08. The molecule has 6 nitrogen and oxygen atoms in total. The van der Waals surface area contributed by atoms with Gasteiger partial charge >= 0.3 is 6.16 Å². The maximum Gasteiger partial charge on any atom is 0.508 e. The number of methoxy groups -OCH3 is 1. The number of likely N-dealkylation sites (tertiary alicyclic amines) is 1. The van der Waals surface area contributed by atoms with Gasteiger partial charge < -0.3 is 19.6 Å². The SMILES string of the molecule is COC(=O)O[C@H]1CN(CCc2c[nH]c3ccc(Cl)cc23)CC[C@@H]1O. The van der Waals surface area contributed by atoms with Gasteiger partial charge in [0.25, 0.3) is 0 Å². The van der Waals surface area contributed by atoms with Gasteiger partial charge in [-0.15, -0.1) is 0 Å². The molecule has 1 aliphatic rings. The molecule has 1 fully saturated rings. The number of fused-ring (bicyclic) bond motifs is 1. The highest BCUT2D eigenvalue weighted by molar-refractivity contribution is 6.31. The molecular weight excluding hydrogens is 332 g/mol. The second kappa shape index (κ2) is 7.42. The molecule has 7 heteroatoms. The number of hydrogen-bond donors (Lipinski definition) is 2. The van der Waals surface area contributed by atoms with E-state index in [2.05, 4.69) is 14.6 Å². The van der Waals surface area contributed by atoms with Crippen LogP contribution in [0.2, 0.25) is 5.02 Å². The van der Waals surface area contributed by atoms with E-state index in [9.17, 15) is 9.90 Å². The molecule has 0 bridgehead atoms. The zero-order valence-electron chi connectivity index (χ0n) is 13.5. The lowest BCUT2D eigenvalue weighted by atomic mass is 10.0. The Morgan fingerprint density at radius 3 is 3.12 bits per heavy atom. The molecule has 2 N–H and O–H groups in total. The van der Waals surface area contributed by atoms with Gasteiger partial charge in [-0.2, -0.15) is 0 Å². The summed E-state index contributed by atoms with van der Waals surface area (Å²) in [6.07, 6.45) is 1.47. The van der Waals surface area contributed by atoms with Gasteiger partial charge in [0.05, 0.1) is 13.2 Å². The zero-order valence-corrected chi connectivity index (χ0v) is 14.3. The van der Waals surface area contributed by atoms with Crippen LogP contribution in [0.4, 0.5) is 4.79 Å². The van der Waals surface area contributed by atoms with Crippen LogP contribution in [0.3, 0.4) is 0 Å². The highest BCUT2D eigenvalue weighted by Crippen LogP contribution is 2.23. The Morgan fingerprint density at radius 1 is 1.50 bits per heavy atom. The van der Waals surface area contributed by atoms with Gasteiger partial charge in [-0.05, 0) is 36.6 Å². The summed E-state index contributed by atoms with van der Waals surface area (Å²) in [6, 6.07) is 5.80. The van der Waals surface area contributed by atoms with E-state index in [4.69, 9.17) is 16.3 Å². The summed E-state index contributed by atoms with van der Waals surface area (Å²) in [6.45, 7) is 2.08. The average molecular weight is 353 g/mol. The number of hydrogen-bond acceptors (Lipinski definition) is 5. The van der Waals surface area contributed by atoms with E-state index in [-0.39, 0.29) is 0 Å². The number of aliphatic hydroxyl groups excluding tert-OH is 1. The molecule has 1 aromatic heterocycles. The van der Waals surface area contributed by atoms with Crippen molar-refractivity contribution in [2.75, 3.05) is 26.7 Å². The fraction of sp³-hybridized carbons (Fsp3) is 0.471. The Balaban J connectivity index is 1.61. The van der Waals surface area contributed by atoms with Crippen molar-refractivity contribution in [3.63, 3.8) is 0 Å². The second-order valence-electron chi connectivity index (χ2n) is 6.02. The first kappa shape index (κ1) is 17.1. The summed E-state index contributed by atoms with van der Waals surface area (Å²) in [7, 11) is 1.26. The Bertz CT molecular complexity index is 718. The largest absolute Gasteiger partial charge is 0.508 e. The molecular formula is C17H21ClN2O4. The van der Waals surface area contributed by atoms with Gasteiger partial charge in [-0.3, -0.25) is 4.90 Å². The monoisotopic (exact) mass is 352 g/mol. The fourth-order valence-corrected chi connectivity index (χ4v) is 3.27.